The van der Waals surface area contributed by atoms with Crippen molar-refractivity contribution < 1.29 is 0 Å². The maximum Gasteiger partial charge on any atom is 0.233 e. The fourth-order valence-corrected chi connectivity index (χ4v) is 4.40. The molecule has 39 heavy (non-hydrogen) atoms. The number of aryl methyl sites for hydroxylation is 1. The number of rotatable bonds is 12. The van der Waals surface area contributed by atoms with Crippen molar-refractivity contribution in [1.82, 2.24) is 25.2 Å². The molecule has 0 unspecified atom stereocenters. The Bertz CT molecular complexity index is 1190. The molecule has 8 nitrogen and oxygen atoms in total. The molecule has 0 atom stereocenters. The Morgan fingerprint density at radius 1 is 1.10 bits per heavy atom. The van der Waals surface area contributed by atoms with Gasteiger partial charge in [-0.1, -0.05) is 63.8 Å². The van der Waals surface area contributed by atoms with E-state index in [4.69, 9.17) is 15.0 Å². The third-order valence-corrected chi connectivity index (χ3v) is 6.29. The van der Waals surface area contributed by atoms with Crippen LogP contribution in [0.25, 0.3) is 5.70 Å². The topological polar surface area (TPSA) is 81.2 Å². The Morgan fingerprint density at radius 2 is 1.79 bits per heavy atom. The molecule has 1 aromatic carbocycles. The van der Waals surface area contributed by atoms with E-state index in [1.807, 2.05) is 14.0 Å². The summed E-state index contributed by atoms with van der Waals surface area (Å²) >= 11 is 0. The fraction of sp³-hybridized carbons (Fsp3) is 0.484. The highest BCUT2D eigenvalue weighted by atomic mass is 15.3. The van der Waals surface area contributed by atoms with Crippen LogP contribution in [0, 0.1) is 12.3 Å². The quantitative estimate of drug-likeness (QED) is 0.236. The second-order valence-corrected chi connectivity index (χ2v) is 11.5. The first-order valence-electron chi connectivity index (χ1n) is 13.8. The molecule has 0 spiro atoms. The van der Waals surface area contributed by atoms with E-state index in [0.717, 1.165) is 73.6 Å². The van der Waals surface area contributed by atoms with Gasteiger partial charge in [-0.3, -0.25) is 0 Å². The monoisotopic (exact) mass is 530 g/mol. The average Bonchev–Trinajstić information content (AvgIpc) is 3.14. The number of aromatic nitrogens is 3. The lowest BCUT2D eigenvalue weighted by Gasteiger charge is -2.27. The number of nitrogens with zero attached hydrogens (tertiary/aromatic N) is 5. The van der Waals surface area contributed by atoms with Crippen LogP contribution < -0.4 is 20.9 Å². The molecule has 1 aliphatic heterocycles. The molecule has 210 valence electrons. The molecule has 0 saturated heterocycles. The Labute approximate surface area is 235 Å². The Morgan fingerprint density at radius 3 is 2.44 bits per heavy atom. The van der Waals surface area contributed by atoms with Crippen molar-refractivity contribution in [3.8, 4) is 0 Å². The molecule has 1 aliphatic rings. The van der Waals surface area contributed by atoms with Crippen LogP contribution in [0.5, 0.6) is 0 Å². The smallest absolute Gasteiger partial charge is 0.233 e. The second kappa shape index (κ2) is 14.0. The van der Waals surface area contributed by atoms with Crippen LogP contribution in [-0.2, 0) is 0 Å². The zero-order valence-electron chi connectivity index (χ0n) is 24.7. The Hall–Kier alpha value is -3.61. The highest BCUT2D eigenvalue weighted by Gasteiger charge is 2.18. The molecule has 3 N–H and O–H groups in total. The molecule has 3 rings (SSSR count). The van der Waals surface area contributed by atoms with Gasteiger partial charge in [-0.25, -0.2) is 0 Å². The number of nitrogens with one attached hydrogen (secondary N) is 3. The van der Waals surface area contributed by atoms with Gasteiger partial charge in [0, 0.05) is 57.6 Å². The molecule has 0 amide bonds. The molecular formula is C31H46N8. The zero-order valence-corrected chi connectivity index (χ0v) is 24.7. The van der Waals surface area contributed by atoms with E-state index >= 15 is 0 Å². The predicted octanol–water partition coefficient (Wildman–Crippen LogP) is 5.76. The van der Waals surface area contributed by atoms with Crippen LogP contribution in [0.2, 0.25) is 0 Å². The first-order chi connectivity index (χ1) is 18.5. The van der Waals surface area contributed by atoms with Gasteiger partial charge in [-0.15, -0.1) is 5.73 Å². The maximum absolute atomic E-state index is 4.79. The molecule has 0 fully saturated rings. The number of benzene rings is 1. The normalized spacial score (nSPS) is 13.8. The van der Waals surface area contributed by atoms with Gasteiger partial charge in [0.1, 0.15) is 0 Å². The Balaban J connectivity index is 1.84. The van der Waals surface area contributed by atoms with Crippen LogP contribution in [0.3, 0.4) is 0 Å². The third-order valence-electron chi connectivity index (χ3n) is 6.29. The minimum absolute atomic E-state index is 0.0957. The zero-order chi connectivity index (χ0) is 28.4. The summed E-state index contributed by atoms with van der Waals surface area (Å²) < 4.78 is 0. The van der Waals surface area contributed by atoms with E-state index in [1.54, 1.807) is 0 Å². The summed E-state index contributed by atoms with van der Waals surface area (Å²) in [6.45, 7) is 23.9. The summed E-state index contributed by atoms with van der Waals surface area (Å²) in [5.41, 5.74) is 7.95. The maximum atomic E-state index is 4.79. The van der Waals surface area contributed by atoms with Crippen LogP contribution in [0.1, 0.15) is 51.7 Å². The van der Waals surface area contributed by atoms with Gasteiger partial charge < -0.3 is 25.8 Å². The lowest BCUT2D eigenvalue weighted by molar-refractivity contribution is 0.300. The standard InChI is InChI=1S/C31H46N8/c1-9-26(33-21-23(2)3)25-15-14-24(4)27(20-25)34-29-35-28(32-16-19-39-17-12-10-11-13-18-39)36-30(37-29)38(8)22-31(5,6)7/h10-11,14-15,20,33H,1-2,12-13,16-19,21-22H2,3-8H3,(H2,32,34,35,36,37). The van der Waals surface area contributed by atoms with Crippen molar-refractivity contribution in [2.75, 3.05) is 61.8 Å². The highest BCUT2D eigenvalue weighted by molar-refractivity contribution is 5.70. The lowest BCUT2D eigenvalue weighted by atomic mass is 9.96. The largest absolute Gasteiger partial charge is 0.375 e. The van der Waals surface area contributed by atoms with Crippen LogP contribution >= 0.6 is 0 Å². The summed E-state index contributed by atoms with van der Waals surface area (Å²) in [6, 6.07) is 6.19. The Kier molecular flexibility index (Phi) is 10.7. The summed E-state index contributed by atoms with van der Waals surface area (Å²) in [7, 11) is 2.03. The van der Waals surface area contributed by atoms with E-state index < -0.39 is 0 Å². The van der Waals surface area contributed by atoms with E-state index in [1.165, 1.54) is 0 Å². The first-order valence-corrected chi connectivity index (χ1v) is 13.8. The van der Waals surface area contributed by atoms with Crippen molar-refractivity contribution in [2.45, 2.75) is 47.5 Å². The van der Waals surface area contributed by atoms with Crippen LogP contribution in [-0.4, -0.2) is 66.2 Å². The van der Waals surface area contributed by atoms with Gasteiger partial charge in [-0.05, 0) is 43.7 Å². The minimum atomic E-state index is 0.0957. The van der Waals surface area contributed by atoms with Gasteiger partial charge in [0.05, 0.1) is 5.70 Å². The number of anilines is 4. The van der Waals surface area contributed by atoms with E-state index in [-0.39, 0.29) is 5.41 Å². The molecule has 0 saturated carbocycles. The van der Waals surface area contributed by atoms with Crippen molar-refractivity contribution in [2.24, 2.45) is 5.41 Å². The summed E-state index contributed by atoms with van der Waals surface area (Å²) in [4.78, 5) is 18.9. The summed E-state index contributed by atoms with van der Waals surface area (Å²) in [5.74, 6) is 1.70. The molecule has 2 aromatic rings. The predicted molar refractivity (Wildman–Crippen MR) is 166 cm³/mol. The number of hydrogen-bond donors (Lipinski definition) is 3. The minimum Gasteiger partial charge on any atom is -0.375 e. The third kappa shape index (κ3) is 9.89. The first kappa shape index (κ1) is 29.9. The molecule has 0 aliphatic carbocycles. The summed E-state index contributed by atoms with van der Waals surface area (Å²) in [6.07, 6.45) is 6.75. The summed E-state index contributed by atoms with van der Waals surface area (Å²) in [5, 5.41) is 10.2. The molecular weight excluding hydrogens is 484 g/mol. The fourth-order valence-electron chi connectivity index (χ4n) is 4.40. The average molecular weight is 531 g/mol. The van der Waals surface area contributed by atoms with Crippen molar-refractivity contribution in [3.05, 3.63) is 65.9 Å². The van der Waals surface area contributed by atoms with E-state index in [9.17, 15) is 0 Å². The van der Waals surface area contributed by atoms with Gasteiger partial charge in [0.25, 0.3) is 0 Å². The van der Waals surface area contributed by atoms with E-state index in [0.29, 0.717) is 24.4 Å². The van der Waals surface area contributed by atoms with Crippen molar-refractivity contribution in [3.63, 3.8) is 0 Å². The van der Waals surface area contributed by atoms with Gasteiger partial charge in [0.2, 0.25) is 17.8 Å². The number of hydrogen-bond acceptors (Lipinski definition) is 8. The van der Waals surface area contributed by atoms with Gasteiger partial charge in [-0.2, -0.15) is 15.0 Å². The van der Waals surface area contributed by atoms with Crippen LogP contribution in [0.15, 0.2) is 54.8 Å². The van der Waals surface area contributed by atoms with Gasteiger partial charge in [0.15, 0.2) is 0 Å². The highest BCUT2D eigenvalue weighted by Crippen LogP contribution is 2.25. The lowest BCUT2D eigenvalue weighted by Crippen LogP contribution is -2.32. The molecule has 0 radical (unpaired) electrons. The van der Waals surface area contributed by atoms with E-state index in [2.05, 4.69) is 103 Å². The molecule has 0 bridgehead atoms. The molecule has 2 heterocycles. The molecule has 1 aromatic heterocycles. The van der Waals surface area contributed by atoms with Crippen molar-refractivity contribution in [1.29, 1.82) is 0 Å². The van der Waals surface area contributed by atoms with Crippen LogP contribution in [0.4, 0.5) is 23.5 Å². The molecule has 8 heteroatoms. The van der Waals surface area contributed by atoms with Gasteiger partial charge >= 0.3 is 0 Å². The van der Waals surface area contributed by atoms with Crippen molar-refractivity contribution >= 4 is 29.2 Å². The second-order valence-electron chi connectivity index (χ2n) is 11.5. The SMILES string of the molecule is C=C=C(NCC(=C)C)c1ccc(C)c(Nc2nc(NCCN3CCC=CCC3)nc(N(C)CC(C)(C)C)n2)c1.